The molecular formula is C19H18N4O3. The molecule has 7 heteroatoms. The van der Waals surface area contributed by atoms with Crippen molar-refractivity contribution in [2.45, 2.75) is 25.9 Å². The molecule has 4 rings (SSSR count). The van der Waals surface area contributed by atoms with Gasteiger partial charge in [0.15, 0.2) is 0 Å². The van der Waals surface area contributed by atoms with Crippen LogP contribution in [0.3, 0.4) is 0 Å². The molecule has 1 aliphatic rings. The van der Waals surface area contributed by atoms with Gasteiger partial charge >= 0.3 is 0 Å². The quantitative estimate of drug-likeness (QED) is 0.717. The molecule has 0 saturated heterocycles. The molecule has 0 fully saturated rings. The van der Waals surface area contributed by atoms with Crippen LogP contribution >= 0.6 is 0 Å². The molecule has 26 heavy (non-hydrogen) atoms. The van der Waals surface area contributed by atoms with Crippen molar-refractivity contribution >= 4 is 5.91 Å². The summed E-state index contributed by atoms with van der Waals surface area (Å²) in [5.41, 5.74) is 1.52. The first-order valence-corrected chi connectivity index (χ1v) is 8.53. The minimum absolute atomic E-state index is 0.0114. The largest absolute Gasteiger partial charge is 0.441 e. The molecule has 1 amide bonds. The molecule has 7 nitrogen and oxygen atoms in total. The molecule has 0 atom stereocenters. The van der Waals surface area contributed by atoms with Crippen LogP contribution in [-0.2, 0) is 24.3 Å². The van der Waals surface area contributed by atoms with Crippen LogP contribution in [0.25, 0.3) is 11.5 Å². The van der Waals surface area contributed by atoms with Gasteiger partial charge in [0.05, 0.1) is 12.1 Å². The maximum absolute atomic E-state index is 12.5. The number of oxazole rings is 1. The molecule has 0 unspecified atom stereocenters. The lowest BCUT2D eigenvalue weighted by molar-refractivity contribution is -0.132. The van der Waals surface area contributed by atoms with Crippen molar-refractivity contribution in [3.05, 3.63) is 70.7 Å². The Morgan fingerprint density at radius 1 is 1.23 bits per heavy atom. The topological polar surface area (TPSA) is 81.2 Å². The summed E-state index contributed by atoms with van der Waals surface area (Å²) in [5, 5.41) is 0. The maximum atomic E-state index is 12.5. The van der Waals surface area contributed by atoms with Gasteiger partial charge in [0, 0.05) is 50.6 Å². The predicted molar refractivity (Wildman–Crippen MR) is 94.2 cm³/mol. The highest BCUT2D eigenvalue weighted by molar-refractivity contribution is 5.76. The van der Waals surface area contributed by atoms with Gasteiger partial charge in [-0.1, -0.05) is 6.07 Å². The fourth-order valence-corrected chi connectivity index (χ4v) is 3.04. The zero-order valence-electron chi connectivity index (χ0n) is 14.2. The second-order valence-corrected chi connectivity index (χ2v) is 6.18. The van der Waals surface area contributed by atoms with Crippen molar-refractivity contribution in [3.63, 3.8) is 0 Å². The first-order valence-electron chi connectivity index (χ1n) is 8.53. The Hall–Kier alpha value is -3.22. The lowest BCUT2D eigenvalue weighted by atomic mass is 10.1. The van der Waals surface area contributed by atoms with Gasteiger partial charge in [-0.15, -0.1) is 0 Å². The highest BCUT2D eigenvalue weighted by Crippen LogP contribution is 2.25. The van der Waals surface area contributed by atoms with Gasteiger partial charge in [-0.3, -0.25) is 14.6 Å². The molecule has 0 radical (unpaired) electrons. The van der Waals surface area contributed by atoms with Crippen LogP contribution < -0.4 is 5.56 Å². The Labute approximate surface area is 149 Å². The van der Waals surface area contributed by atoms with E-state index in [9.17, 15) is 9.59 Å². The molecule has 3 aromatic rings. The molecule has 0 N–H and O–H groups in total. The number of amides is 1. The maximum Gasteiger partial charge on any atom is 0.250 e. The third-order valence-electron chi connectivity index (χ3n) is 4.45. The van der Waals surface area contributed by atoms with E-state index in [1.807, 2.05) is 12.1 Å². The van der Waals surface area contributed by atoms with Crippen LogP contribution in [0.4, 0.5) is 0 Å². The number of aryl methyl sites for hydroxylation is 1. The SMILES string of the molecule is O=C(CCn1ccccc1=O)N1CCc2oc(-c3cccnc3)nc2C1. The first kappa shape index (κ1) is 16.3. The minimum atomic E-state index is -0.0983. The van der Waals surface area contributed by atoms with Crippen molar-refractivity contribution in [3.8, 4) is 11.5 Å². The van der Waals surface area contributed by atoms with Gasteiger partial charge in [-0.25, -0.2) is 4.98 Å². The summed E-state index contributed by atoms with van der Waals surface area (Å²) < 4.78 is 7.38. The number of aromatic nitrogens is 3. The fourth-order valence-electron chi connectivity index (χ4n) is 3.04. The van der Waals surface area contributed by atoms with Crippen molar-refractivity contribution in [1.29, 1.82) is 0 Å². The summed E-state index contributed by atoms with van der Waals surface area (Å²) in [4.78, 5) is 34.6. The van der Waals surface area contributed by atoms with Crippen LogP contribution in [0.2, 0.25) is 0 Å². The summed E-state index contributed by atoms with van der Waals surface area (Å²) in [5.74, 6) is 1.37. The monoisotopic (exact) mass is 350 g/mol. The van der Waals surface area contributed by atoms with Gasteiger partial charge < -0.3 is 13.9 Å². The molecular weight excluding hydrogens is 332 g/mol. The number of fused-ring (bicyclic) bond motifs is 1. The van der Waals surface area contributed by atoms with E-state index in [1.54, 1.807) is 40.2 Å². The molecule has 3 aromatic heterocycles. The zero-order chi connectivity index (χ0) is 17.9. The van der Waals surface area contributed by atoms with Crippen LogP contribution in [-0.4, -0.2) is 31.9 Å². The molecule has 4 heterocycles. The van der Waals surface area contributed by atoms with E-state index in [2.05, 4.69) is 9.97 Å². The number of hydrogen-bond donors (Lipinski definition) is 0. The molecule has 0 bridgehead atoms. The van der Waals surface area contributed by atoms with Crippen molar-refractivity contribution < 1.29 is 9.21 Å². The summed E-state index contributed by atoms with van der Waals surface area (Å²) in [6.07, 6.45) is 6.02. The average molecular weight is 350 g/mol. The minimum Gasteiger partial charge on any atom is -0.441 e. The Bertz CT molecular complexity index is 978. The van der Waals surface area contributed by atoms with E-state index in [0.717, 1.165) is 17.0 Å². The standard InChI is InChI=1S/C19H18N4O3/c24-17-5-1-2-9-22(17)11-7-18(25)23-10-6-16-15(13-23)21-19(26-16)14-4-3-8-20-12-14/h1-5,8-9,12H,6-7,10-11,13H2. The van der Waals surface area contributed by atoms with Crippen molar-refractivity contribution in [2.75, 3.05) is 6.54 Å². The fraction of sp³-hybridized carbons (Fsp3) is 0.263. The number of rotatable bonds is 4. The van der Waals surface area contributed by atoms with Gasteiger partial charge in [-0.05, 0) is 18.2 Å². The van der Waals surface area contributed by atoms with Gasteiger partial charge in [0.25, 0.3) is 5.56 Å². The Morgan fingerprint density at radius 2 is 2.15 bits per heavy atom. The van der Waals surface area contributed by atoms with Crippen LogP contribution in [0.15, 0.2) is 58.1 Å². The number of nitrogens with zero attached hydrogens (tertiary/aromatic N) is 4. The molecule has 0 spiro atoms. The molecule has 0 aliphatic carbocycles. The molecule has 1 aliphatic heterocycles. The number of carbonyl (C=O) groups excluding carboxylic acids is 1. The Balaban J connectivity index is 1.43. The highest BCUT2D eigenvalue weighted by Gasteiger charge is 2.25. The van der Waals surface area contributed by atoms with Gasteiger partial charge in [0.2, 0.25) is 11.8 Å². The van der Waals surface area contributed by atoms with E-state index >= 15 is 0 Å². The average Bonchev–Trinajstić information content (AvgIpc) is 3.11. The second-order valence-electron chi connectivity index (χ2n) is 6.18. The lowest BCUT2D eigenvalue weighted by Gasteiger charge is -2.25. The predicted octanol–water partition coefficient (Wildman–Crippen LogP) is 1.87. The van der Waals surface area contributed by atoms with Gasteiger partial charge in [0.1, 0.15) is 11.5 Å². The summed E-state index contributed by atoms with van der Waals surface area (Å²) in [6, 6.07) is 8.70. The lowest BCUT2D eigenvalue weighted by Crippen LogP contribution is -2.36. The zero-order valence-corrected chi connectivity index (χ0v) is 14.2. The second kappa shape index (κ2) is 6.95. The van der Waals surface area contributed by atoms with E-state index in [0.29, 0.717) is 31.9 Å². The summed E-state index contributed by atoms with van der Waals surface area (Å²) >= 11 is 0. The summed E-state index contributed by atoms with van der Waals surface area (Å²) in [7, 11) is 0. The number of carbonyl (C=O) groups is 1. The van der Waals surface area contributed by atoms with E-state index < -0.39 is 0 Å². The Kier molecular flexibility index (Phi) is 4.35. The Morgan fingerprint density at radius 3 is 2.96 bits per heavy atom. The van der Waals surface area contributed by atoms with E-state index in [-0.39, 0.29) is 17.9 Å². The van der Waals surface area contributed by atoms with E-state index in [4.69, 9.17) is 4.42 Å². The molecule has 132 valence electrons. The molecule has 0 saturated carbocycles. The third-order valence-corrected chi connectivity index (χ3v) is 4.45. The smallest absolute Gasteiger partial charge is 0.250 e. The third kappa shape index (κ3) is 3.28. The van der Waals surface area contributed by atoms with E-state index in [1.165, 1.54) is 6.07 Å². The molecule has 0 aromatic carbocycles. The van der Waals surface area contributed by atoms with Crippen LogP contribution in [0.5, 0.6) is 0 Å². The number of hydrogen-bond acceptors (Lipinski definition) is 5. The summed E-state index contributed by atoms with van der Waals surface area (Å²) in [6.45, 7) is 1.40. The first-order chi connectivity index (χ1) is 12.7. The van der Waals surface area contributed by atoms with Crippen molar-refractivity contribution in [2.24, 2.45) is 0 Å². The van der Waals surface area contributed by atoms with Crippen LogP contribution in [0.1, 0.15) is 17.9 Å². The number of pyridine rings is 2. The van der Waals surface area contributed by atoms with Crippen molar-refractivity contribution in [1.82, 2.24) is 19.4 Å². The van der Waals surface area contributed by atoms with Gasteiger partial charge in [-0.2, -0.15) is 0 Å². The normalized spacial score (nSPS) is 13.5. The van der Waals surface area contributed by atoms with Crippen LogP contribution in [0, 0.1) is 0 Å². The highest BCUT2D eigenvalue weighted by atomic mass is 16.4.